The number of benzene rings is 1. The minimum atomic E-state index is -1.34. The van der Waals surface area contributed by atoms with Gasteiger partial charge in [-0.1, -0.05) is 29.8 Å². The molecule has 34 heavy (non-hydrogen) atoms. The number of hydrogen-bond donors (Lipinski definition) is 0. The molecule has 0 N–H and O–H groups in total. The van der Waals surface area contributed by atoms with Crippen LogP contribution in [-0.4, -0.2) is 68.4 Å². The van der Waals surface area contributed by atoms with Crippen molar-refractivity contribution in [1.82, 2.24) is 4.90 Å². The zero-order valence-corrected chi connectivity index (χ0v) is 20.4. The van der Waals surface area contributed by atoms with Crippen molar-refractivity contribution in [1.29, 1.82) is 0 Å². The molecule has 3 aliphatic rings. The monoisotopic (exact) mass is 468 g/mol. The van der Waals surface area contributed by atoms with Gasteiger partial charge in [-0.15, -0.1) is 0 Å². The van der Waals surface area contributed by atoms with Gasteiger partial charge >= 0.3 is 11.9 Å². The van der Waals surface area contributed by atoms with Crippen LogP contribution in [0.4, 0.5) is 5.69 Å². The highest BCUT2D eigenvalue weighted by atomic mass is 16.5. The van der Waals surface area contributed by atoms with Crippen LogP contribution in [0, 0.1) is 11.3 Å². The highest BCUT2D eigenvalue weighted by Crippen LogP contribution is 2.65. The molecule has 1 aromatic rings. The first-order chi connectivity index (χ1) is 16.1. The van der Waals surface area contributed by atoms with E-state index < -0.39 is 34.7 Å². The maximum absolute atomic E-state index is 14.0. The van der Waals surface area contributed by atoms with E-state index in [9.17, 15) is 19.2 Å². The second-order valence-electron chi connectivity index (χ2n) is 9.52. The molecular weight excluding hydrogens is 436 g/mol. The maximum Gasteiger partial charge on any atom is 0.316 e. The molecule has 1 saturated heterocycles. The number of anilines is 1. The average Bonchev–Trinajstić information content (AvgIpc) is 3.07. The van der Waals surface area contributed by atoms with Gasteiger partial charge in [0.15, 0.2) is 5.78 Å². The van der Waals surface area contributed by atoms with Gasteiger partial charge in [-0.3, -0.25) is 19.2 Å². The van der Waals surface area contributed by atoms with Crippen molar-refractivity contribution < 1.29 is 28.7 Å². The van der Waals surface area contributed by atoms with Gasteiger partial charge < -0.3 is 19.3 Å². The number of ether oxygens (including phenoxy) is 2. The molecule has 1 aliphatic carbocycles. The van der Waals surface area contributed by atoms with Crippen LogP contribution in [0.5, 0.6) is 0 Å². The number of fused-ring (bicyclic) bond motifs is 2. The molecule has 2 bridgehead atoms. The molecule has 0 radical (unpaired) electrons. The normalized spacial score (nSPS) is 31.3. The molecule has 4 atom stereocenters. The molecule has 4 rings (SSSR count). The van der Waals surface area contributed by atoms with E-state index in [1.54, 1.807) is 4.90 Å². The number of para-hydroxylation sites is 1. The van der Waals surface area contributed by atoms with Crippen LogP contribution >= 0.6 is 0 Å². The predicted molar refractivity (Wildman–Crippen MR) is 125 cm³/mol. The number of likely N-dealkylation sites (N-methyl/N-ethyl adjacent to an activating group) is 1. The van der Waals surface area contributed by atoms with Crippen LogP contribution in [0.25, 0.3) is 0 Å². The quantitative estimate of drug-likeness (QED) is 0.496. The van der Waals surface area contributed by atoms with Crippen LogP contribution in [-0.2, 0) is 34.1 Å². The third-order valence-electron chi connectivity index (χ3n) is 8.19. The highest BCUT2D eigenvalue weighted by molar-refractivity contribution is 5.99. The number of rotatable bonds is 3. The lowest BCUT2D eigenvalue weighted by atomic mass is 9.45. The molecule has 1 saturated carbocycles. The van der Waals surface area contributed by atoms with Gasteiger partial charge in [0.25, 0.3) is 0 Å². The lowest BCUT2D eigenvalue weighted by Gasteiger charge is -2.58. The van der Waals surface area contributed by atoms with Crippen LogP contribution < -0.4 is 4.90 Å². The molecule has 8 nitrogen and oxygen atoms in total. The van der Waals surface area contributed by atoms with Gasteiger partial charge in [-0.25, -0.2) is 0 Å². The molecule has 1 amide bonds. The molecule has 8 heteroatoms. The molecule has 1 spiro atoms. The van der Waals surface area contributed by atoms with E-state index in [2.05, 4.69) is 0 Å². The zero-order valence-electron chi connectivity index (χ0n) is 20.4. The van der Waals surface area contributed by atoms with Crippen molar-refractivity contribution in [3.05, 3.63) is 41.5 Å². The van der Waals surface area contributed by atoms with Crippen LogP contribution in [0.3, 0.4) is 0 Å². The predicted octanol–water partition coefficient (Wildman–Crippen LogP) is 2.25. The standard InChI is InChI=1S/C26H32N2O6/c1-6-18-14-28(16(2)29)12-11-25-19-9-7-8-10-21(19)27(4)23(25)22(31)13-20(18)26(25,24(32)33-5)15-34-17(3)30/h6-10,20,23H,11-15H2,1-5H3/b18-6-/t20-,23?,25+,26?/m0/s1. The fourth-order valence-corrected chi connectivity index (χ4v) is 6.78. The number of carbonyl (C=O) groups is 4. The first-order valence-electron chi connectivity index (χ1n) is 11.6. The Morgan fingerprint density at radius 2 is 1.91 bits per heavy atom. The van der Waals surface area contributed by atoms with Crippen LogP contribution in [0.2, 0.25) is 0 Å². The summed E-state index contributed by atoms with van der Waals surface area (Å²) in [6.45, 7) is 5.15. The Kier molecular flexibility index (Phi) is 6.04. The van der Waals surface area contributed by atoms with Gasteiger partial charge in [0.1, 0.15) is 12.0 Å². The number of allylic oxidation sites excluding steroid dienone is 1. The highest BCUT2D eigenvalue weighted by Gasteiger charge is 2.74. The number of methoxy groups -OCH3 is 1. The number of likely N-dealkylation sites (tertiary alicyclic amines) is 1. The van der Waals surface area contributed by atoms with Gasteiger partial charge in [-0.05, 0) is 25.0 Å². The first-order valence-corrected chi connectivity index (χ1v) is 11.6. The summed E-state index contributed by atoms with van der Waals surface area (Å²) in [5, 5.41) is 0. The van der Waals surface area contributed by atoms with E-state index in [1.807, 2.05) is 49.2 Å². The number of carbonyl (C=O) groups excluding carboxylic acids is 4. The number of hydrogen-bond acceptors (Lipinski definition) is 7. The van der Waals surface area contributed by atoms with E-state index >= 15 is 0 Å². The number of ketones is 1. The Hall–Kier alpha value is -3.16. The Labute approximate surface area is 199 Å². The van der Waals surface area contributed by atoms with E-state index in [1.165, 1.54) is 21.0 Å². The van der Waals surface area contributed by atoms with Crippen molar-refractivity contribution in [3.63, 3.8) is 0 Å². The van der Waals surface area contributed by atoms with Gasteiger partial charge in [0, 0.05) is 57.4 Å². The summed E-state index contributed by atoms with van der Waals surface area (Å²) >= 11 is 0. The lowest BCUT2D eigenvalue weighted by molar-refractivity contribution is -0.180. The number of Topliss-reactive ketones (excluding diaryl/α,β-unsaturated/α-hetero) is 1. The minimum Gasteiger partial charge on any atom is -0.468 e. The molecule has 2 heterocycles. The van der Waals surface area contributed by atoms with Crippen molar-refractivity contribution in [2.75, 3.05) is 38.8 Å². The number of amides is 1. The maximum atomic E-state index is 14.0. The third kappa shape index (κ3) is 3.11. The van der Waals surface area contributed by atoms with E-state index in [0.29, 0.717) is 19.5 Å². The van der Waals surface area contributed by atoms with Crippen LogP contribution in [0.1, 0.15) is 39.2 Å². The molecule has 0 aromatic heterocycles. The van der Waals surface area contributed by atoms with Gasteiger partial charge in [0.2, 0.25) is 5.91 Å². The van der Waals surface area contributed by atoms with E-state index in [0.717, 1.165) is 16.8 Å². The SMILES string of the molecule is C/C=C1/CN(C(C)=O)CC[C@@]23c4ccccc4N(C)C2C(=O)C[C@@H]1C3(COC(C)=O)C(=O)OC. The summed E-state index contributed by atoms with van der Waals surface area (Å²) in [5.74, 6) is -1.63. The Bertz CT molecular complexity index is 1080. The molecule has 2 fully saturated rings. The topological polar surface area (TPSA) is 93.2 Å². The third-order valence-corrected chi connectivity index (χ3v) is 8.19. The second kappa shape index (κ2) is 8.56. The van der Waals surface area contributed by atoms with E-state index in [4.69, 9.17) is 9.47 Å². The summed E-state index contributed by atoms with van der Waals surface area (Å²) in [7, 11) is 3.20. The Balaban J connectivity index is 2.10. The largest absolute Gasteiger partial charge is 0.468 e. The summed E-state index contributed by atoms with van der Waals surface area (Å²) in [6.07, 6.45) is 2.32. The van der Waals surface area contributed by atoms with Crippen molar-refractivity contribution >= 4 is 29.3 Å². The summed E-state index contributed by atoms with van der Waals surface area (Å²) in [5.41, 5.74) is 0.111. The van der Waals surface area contributed by atoms with Gasteiger partial charge in [0.05, 0.1) is 13.2 Å². The van der Waals surface area contributed by atoms with Crippen LogP contribution in [0.15, 0.2) is 35.9 Å². The van der Waals surface area contributed by atoms with Crippen molar-refractivity contribution in [2.45, 2.75) is 45.1 Å². The lowest BCUT2D eigenvalue weighted by Crippen LogP contribution is -2.71. The number of esters is 2. The van der Waals surface area contributed by atoms with E-state index in [-0.39, 0.29) is 24.7 Å². The minimum absolute atomic E-state index is 0.0293. The smallest absolute Gasteiger partial charge is 0.316 e. The average molecular weight is 469 g/mol. The molecule has 182 valence electrons. The fraction of sp³-hybridized carbons (Fsp3) is 0.538. The zero-order chi connectivity index (χ0) is 24.8. The molecule has 2 unspecified atom stereocenters. The van der Waals surface area contributed by atoms with Gasteiger partial charge in [-0.2, -0.15) is 0 Å². The first kappa shape index (κ1) is 24.0. The Morgan fingerprint density at radius 1 is 1.21 bits per heavy atom. The summed E-state index contributed by atoms with van der Waals surface area (Å²) in [4.78, 5) is 56.1. The summed E-state index contributed by atoms with van der Waals surface area (Å²) < 4.78 is 11.1. The van der Waals surface area contributed by atoms with Crippen molar-refractivity contribution in [2.24, 2.45) is 11.3 Å². The fourth-order valence-electron chi connectivity index (χ4n) is 6.78. The molecular formula is C26H32N2O6. The Morgan fingerprint density at radius 3 is 2.53 bits per heavy atom. The molecule has 1 aromatic carbocycles. The number of nitrogens with zero attached hydrogens (tertiary/aromatic N) is 2. The molecule has 2 aliphatic heterocycles. The summed E-state index contributed by atoms with van der Waals surface area (Å²) in [6, 6.07) is 7.03. The van der Waals surface area contributed by atoms with Crippen molar-refractivity contribution in [3.8, 4) is 0 Å². The second-order valence-corrected chi connectivity index (χ2v) is 9.52.